The molecular weight excluding hydrogens is 366 g/mol. The van der Waals surface area contributed by atoms with E-state index in [0.29, 0.717) is 10.8 Å². The lowest BCUT2D eigenvalue weighted by atomic mass is 10.0. The van der Waals surface area contributed by atoms with E-state index in [2.05, 4.69) is 5.32 Å². The van der Waals surface area contributed by atoms with Crippen molar-refractivity contribution in [3.8, 4) is 5.75 Å². The molecule has 0 fully saturated rings. The number of nitrogens with one attached hydrogen (secondary N) is 1. The van der Waals surface area contributed by atoms with Crippen LogP contribution in [0.4, 0.5) is 0 Å². The number of rotatable bonds is 8. The van der Waals surface area contributed by atoms with Gasteiger partial charge in [0.1, 0.15) is 18.9 Å². The van der Waals surface area contributed by atoms with Gasteiger partial charge >= 0.3 is 5.97 Å². The molecule has 0 aliphatic carbocycles. The number of benzene rings is 2. The Morgan fingerprint density at radius 1 is 1.15 bits per heavy atom. The summed E-state index contributed by atoms with van der Waals surface area (Å²) in [4.78, 5) is 23.7. The van der Waals surface area contributed by atoms with Gasteiger partial charge < -0.3 is 14.8 Å². The van der Waals surface area contributed by atoms with Gasteiger partial charge in [-0.15, -0.1) is 0 Å². The van der Waals surface area contributed by atoms with Crippen LogP contribution in [0.25, 0.3) is 0 Å². The molecule has 0 heterocycles. The molecule has 6 heteroatoms. The average molecular weight is 390 g/mol. The summed E-state index contributed by atoms with van der Waals surface area (Å²) in [5.74, 6) is -0.0748. The number of esters is 1. The van der Waals surface area contributed by atoms with Crippen molar-refractivity contribution in [2.45, 2.75) is 33.3 Å². The zero-order valence-electron chi connectivity index (χ0n) is 15.8. The lowest BCUT2D eigenvalue weighted by molar-refractivity contribution is -0.145. The predicted octanol–water partition coefficient (Wildman–Crippen LogP) is 4.01. The van der Waals surface area contributed by atoms with E-state index in [0.717, 1.165) is 16.7 Å². The van der Waals surface area contributed by atoms with Crippen LogP contribution in [0.1, 0.15) is 36.5 Å². The van der Waals surface area contributed by atoms with Crippen molar-refractivity contribution in [3.05, 3.63) is 64.2 Å². The molecule has 0 aromatic heterocycles. The molecule has 0 unspecified atom stereocenters. The normalized spacial score (nSPS) is 10.6. The predicted molar refractivity (Wildman–Crippen MR) is 105 cm³/mol. The van der Waals surface area contributed by atoms with E-state index in [1.54, 1.807) is 0 Å². The summed E-state index contributed by atoms with van der Waals surface area (Å²) in [7, 11) is 0. The molecule has 0 atom stereocenters. The van der Waals surface area contributed by atoms with E-state index >= 15 is 0 Å². The smallest absolute Gasteiger partial charge is 0.325 e. The van der Waals surface area contributed by atoms with Gasteiger partial charge in [0.05, 0.1) is 0 Å². The quantitative estimate of drug-likeness (QED) is 0.693. The van der Waals surface area contributed by atoms with Crippen LogP contribution in [0.2, 0.25) is 5.02 Å². The lowest BCUT2D eigenvalue weighted by Gasteiger charge is -2.15. The van der Waals surface area contributed by atoms with E-state index in [9.17, 15) is 9.59 Å². The van der Waals surface area contributed by atoms with Crippen molar-refractivity contribution in [2.75, 3.05) is 13.2 Å². The van der Waals surface area contributed by atoms with Crippen LogP contribution >= 0.6 is 11.6 Å². The number of ether oxygens (including phenoxy) is 2. The van der Waals surface area contributed by atoms with Gasteiger partial charge in [-0.05, 0) is 41.7 Å². The second-order valence-electron chi connectivity index (χ2n) is 6.51. The van der Waals surface area contributed by atoms with Gasteiger partial charge in [-0.3, -0.25) is 9.59 Å². The van der Waals surface area contributed by atoms with Gasteiger partial charge in [0.25, 0.3) is 5.91 Å². The highest BCUT2D eigenvalue weighted by atomic mass is 35.5. The fourth-order valence-corrected chi connectivity index (χ4v) is 2.57. The number of carbonyl (C=O) groups is 2. The molecule has 5 nitrogen and oxygen atoms in total. The fraction of sp³-hybridized carbons (Fsp3) is 0.333. The fourth-order valence-electron chi connectivity index (χ4n) is 2.40. The Morgan fingerprint density at radius 3 is 2.52 bits per heavy atom. The molecular formula is C21H24ClNO4. The third-order valence-electron chi connectivity index (χ3n) is 3.94. The standard InChI is InChI=1S/C21H24ClNO4/c1-14(2)17-10-18(22)15(3)9-19(17)26-13-20(24)23-11-21(25)27-12-16-7-5-4-6-8-16/h4-10,14H,11-13H2,1-3H3,(H,23,24). The molecule has 0 saturated carbocycles. The maximum atomic E-state index is 12.0. The van der Waals surface area contributed by atoms with Crippen molar-refractivity contribution in [2.24, 2.45) is 0 Å². The number of hydrogen-bond acceptors (Lipinski definition) is 4. The Hall–Kier alpha value is -2.53. The molecule has 1 N–H and O–H groups in total. The van der Waals surface area contributed by atoms with E-state index in [4.69, 9.17) is 21.1 Å². The number of amides is 1. The molecule has 2 aromatic carbocycles. The maximum absolute atomic E-state index is 12.0. The van der Waals surface area contributed by atoms with E-state index in [-0.39, 0.29) is 25.7 Å². The van der Waals surface area contributed by atoms with Gasteiger partial charge in [-0.2, -0.15) is 0 Å². The SMILES string of the molecule is Cc1cc(OCC(=O)NCC(=O)OCc2ccccc2)c(C(C)C)cc1Cl. The molecule has 0 saturated heterocycles. The molecule has 0 aliphatic rings. The molecule has 0 spiro atoms. The Bertz CT molecular complexity index is 790. The van der Waals surface area contributed by atoms with Crippen LogP contribution in [-0.4, -0.2) is 25.0 Å². The van der Waals surface area contributed by atoms with Crippen LogP contribution in [-0.2, 0) is 20.9 Å². The Kier molecular flexibility index (Phi) is 7.67. The van der Waals surface area contributed by atoms with E-state index in [1.165, 1.54) is 0 Å². The van der Waals surface area contributed by atoms with Gasteiger partial charge in [0.15, 0.2) is 6.61 Å². The minimum absolute atomic E-state index is 0.174. The van der Waals surface area contributed by atoms with Crippen LogP contribution in [0.5, 0.6) is 5.75 Å². The third-order valence-corrected chi connectivity index (χ3v) is 4.35. The number of hydrogen-bond donors (Lipinski definition) is 1. The van der Waals surface area contributed by atoms with Gasteiger partial charge in [-0.25, -0.2) is 0 Å². The van der Waals surface area contributed by atoms with Crippen LogP contribution < -0.4 is 10.1 Å². The summed E-state index contributed by atoms with van der Waals surface area (Å²) in [6, 6.07) is 13.0. The summed E-state index contributed by atoms with van der Waals surface area (Å²) >= 11 is 6.16. The van der Waals surface area contributed by atoms with E-state index in [1.807, 2.05) is 63.2 Å². The first-order chi connectivity index (χ1) is 12.9. The number of halogens is 1. The van der Waals surface area contributed by atoms with E-state index < -0.39 is 11.9 Å². The van der Waals surface area contributed by atoms with Gasteiger partial charge in [-0.1, -0.05) is 55.8 Å². The van der Waals surface area contributed by atoms with Crippen LogP contribution in [0, 0.1) is 6.92 Å². The highest BCUT2D eigenvalue weighted by molar-refractivity contribution is 6.31. The molecule has 0 radical (unpaired) electrons. The maximum Gasteiger partial charge on any atom is 0.325 e. The zero-order valence-corrected chi connectivity index (χ0v) is 16.5. The number of aryl methyl sites for hydroxylation is 1. The Morgan fingerprint density at radius 2 is 1.85 bits per heavy atom. The van der Waals surface area contributed by atoms with Gasteiger partial charge in [0.2, 0.25) is 0 Å². The summed E-state index contributed by atoms with van der Waals surface area (Å²) < 4.78 is 10.7. The highest BCUT2D eigenvalue weighted by Crippen LogP contribution is 2.31. The second-order valence-corrected chi connectivity index (χ2v) is 6.91. The molecule has 2 rings (SSSR count). The lowest BCUT2D eigenvalue weighted by Crippen LogP contribution is -2.34. The molecule has 0 bridgehead atoms. The molecule has 1 amide bonds. The topological polar surface area (TPSA) is 64.6 Å². The highest BCUT2D eigenvalue weighted by Gasteiger charge is 2.13. The minimum atomic E-state index is -0.502. The van der Waals surface area contributed by atoms with Crippen LogP contribution in [0.15, 0.2) is 42.5 Å². The summed E-state index contributed by atoms with van der Waals surface area (Å²) in [5, 5.41) is 3.16. The van der Waals surface area contributed by atoms with Crippen molar-refractivity contribution in [1.29, 1.82) is 0 Å². The summed E-state index contributed by atoms with van der Waals surface area (Å²) in [6.07, 6.45) is 0. The molecule has 0 aliphatic heterocycles. The van der Waals surface area contributed by atoms with Crippen LogP contribution in [0.3, 0.4) is 0 Å². The van der Waals surface area contributed by atoms with Crippen molar-refractivity contribution in [1.82, 2.24) is 5.32 Å². The Labute approximate surface area is 164 Å². The number of carbonyl (C=O) groups excluding carboxylic acids is 2. The first-order valence-electron chi connectivity index (χ1n) is 8.76. The van der Waals surface area contributed by atoms with Crippen molar-refractivity contribution in [3.63, 3.8) is 0 Å². The average Bonchev–Trinajstić information content (AvgIpc) is 2.65. The largest absolute Gasteiger partial charge is 0.483 e. The third kappa shape index (κ3) is 6.61. The first kappa shape index (κ1) is 20.8. The van der Waals surface area contributed by atoms with Gasteiger partial charge in [0, 0.05) is 5.02 Å². The first-order valence-corrected chi connectivity index (χ1v) is 9.13. The summed E-state index contributed by atoms with van der Waals surface area (Å²) in [5.41, 5.74) is 2.70. The molecule has 27 heavy (non-hydrogen) atoms. The molecule has 2 aromatic rings. The Balaban J connectivity index is 1.79. The van der Waals surface area contributed by atoms with Crippen molar-refractivity contribution >= 4 is 23.5 Å². The van der Waals surface area contributed by atoms with Crippen molar-refractivity contribution < 1.29 is 19.1 Å². The summed E-state index contributed by atoms with van der Waals surface area (Å²) in [6.45, 7) is 5.71. The minimum Gasteiger partial charge on any atom is -0.483 e. The monoisotopic (exact) mass is 389 g/mol. The zero-order chi connectivity index (χ0) is 19.8. The second kappa shape index (κ2) is 9.97. The molecule has 144 valence electrons.